The lowest BCUT2D eigenvalue weighted by Gasteiger charge is -2.07. The highest BCUT2D eigenvalue weighted by Gasteiger charge is 2.00. The van der Waals surface area contributed by atoms with Crippen molar-refractivity contribution in [1.82, 2.24) is 14.9 Å². The molecule has 0 radical (unpaired) electrons. The number of nitrogens with zero attached hydrogens (tertiary/aromatic N) is 2. The summed E-state index contributed by atoms with van der Waals surface area (Å²) in [6, 6.07) is 16.7. The fraction of sp³-hybridized carbons (Fsp3) is 0.235. The first kappa shape index (κ1) is 14.3. The largest absolute Gasteiger partial charge is 0.331 e. The zero-order valence-corrected chi connectivity index (χ0v) is 13.4. The van der Waals surface area contributed by atoms with E-state index in [-0.39, 0.29) is 0 Å². The highest BCUT2D eigenvalue weighted by molar-refractivity contribution is 9.10. The standard InChI is InChI=1S/C17H18BrN3/c18-15-6-3-5-14(11-15)12-19-9-4-10-21-13-20-16-7-1-2-8-17(16)21/h1-3,5-8,11,13,19H,4,9-10,12H2. The van der Waals surface area contributed by atoms with Crippen molar-refractivity contribution in [1.29, 1.82) is 0 Å². The van der Waals surface area contributed by atoms with Crippen LogP contribution in [0.5, 0.6) is 0 Å². The maximum atomic E-state index is 4.41. The van der Waals surface area contributed by atoms with E-state index in [4.69, 9.17) is 0 Å². The van der Waals surface area contributed by atoms with Crippen LogP contribution in [0.1, 0.15) is 12.0 Å². The summed E-state index contributed by atoms with van der Waals surface area (Å²) in [6.07, 6.45) is 3.02. The molecule has 0 spiro atoms. The lowest BCUT2D eigenvalue weighted by atomic mass is 10.2. The molecule has 3 aromatic rings. The topological polar surface area (TPSA) is 29.9 Å². The Morgan fingerprint density at radius 3 is 2.90 bits per heavy atom. The lowest BCUT2D eigenvalue weighted by molar-refractivity contribution is 0.588. The van der Waals surface area contributed by atoms with Crippen molar-refractivity contribution in [3.8, 4) is 0 Å². The molecule has 3 nitrogen and oxygen atoms in total. The molecule has 1 aromatic heterocycles. The molecule has 0 aliphatic heterocycles. The van der Waals surface area contributed by atoms with Crippen molar-refractivity contribution < 1.29 is 0 Å². The van der Waals surface area contributed by atoms with Gasteiger partial charge >= 0.3 is 0 Å². The van der Waals surface area contributed by atoms with E-state index in [1.807, 2.05) is 18.5 Å². The van der Waals surface area contributed by atoms with Crippen molar-refractivity contribution in [2.24, 2.45) is 0 Å². The molecule has 0 unspecified atom stereocenters. The van der Waals surface area contributed by atoms with Gasteiger partial charge in [0.1, 0.15) is 0 Å². The van der Waals surface area contributed by atoms with E-state index < -0.39 is 0 Å². The van der Waals surface area contributed by atoms with E-state index in [0.717, 1.165) is 36.0 Å². The second-order valence-corrected chi connectivity index (χ2v) is 6.00. The van der Waals surface area contributed by atoms with Crippen molar-refractivity contribution in [2.75, 3.05) is 6.54 Å². The number of fused-ring (bicyclic) bond motifs is 1. The molecule has 1 N–H and O–H groups in total. The monoisotopic (exact) mass is 343 g/mol. The van der Waals surface area contributed by atoms with Gasteiger partial charge in [0.25, 0.3) is 0 Å². The summed E-state index contributed by atoms with van der Waals surface area (Å²) < 4.78 is 3.35. The summed E-state index contributed by atoms with van der Waals surface area (Å²) in [5, 5.41) is 3.48. The van der Waals surface area contributed by atoms with Crippen LogP contribution in [0.25, 0.3) is 11.0 Å². The summed E-state index contributed by atoms with van der Waals surface area (Å²) in [7, 11) is 0. The predicted molar refractivity (Wildman–Crippen MR) is 90.2 cm³/mol. The Balaban J connectivity index is 1.46. The summed E-state index contributed by atoms with van der Waals surface area (Å²) in [5.74, 6) is 0. The number of benzene rings is 2. The fourth-order valence-corrected chi connectivity index (χ4v) is 2.89. The van der Waals surface area contributed by atoms with Crippen LogP contribution in [-0.4, -0.2) is 16.1 Å². The zero-order valence-electron chi connectivity index (χ0n) is 11.8. The first-order valence-corrected chi connectivity index (χ1v) is 7.97. The molecular formula is C17H18BrN3. The van der Waals surface area contributed by atoms with Crippen molar-refractivity contribution >= 4 is 27.0 Å². The van der Waals surface area contributed by atoms with Gasteiger partial charge in [-0.05, 0) is 42.8 Å². The van der Waals surface area contributed by atoms with Gasteiger partial charge in [-0.15, -0.1) is 0 Å². The predicted octanol–water partition coefficient (Wildman–Crippen LogP) is 3.98. The first-order chi connectivity index (χ1) is 10.3. The molecule has 0 fully saturated rings. The maximum absolute atomic E-state index is 4.41. The van der Waals surface area contributed by atoms with Gasteiger partial charge in [-0.2, -0.15) is 0 Å². The number of imidazole rings is 1. The molecular weight excluding hydrogens is 326 g/mol. The Morgan fingerprint density at radius 1 is 1.10 bits per heavy atom. The summed E-state index contributed by atoms with van der Waals surface area (Å²) >= 11 is 3.50. The van der Waals surface area contributed by atoms with Crippen LogP contribution in [0.2, 0.25) is 0 Å². The number of aryl methyl sites for hydroxylation is 1. The van der Waals surface area contributed by atoms with Gasteiger partial charge in [0, 0.05) is 17.6 Å². The van der Waals surface area contributed by atoms with E-state index in [2.05, 4.69) is 67.2 Å². The molecule has 0 saturated heterocycles. The molecule has 3 rings (SSSR count). The van der Waals surface area contributed by atoms with Crippen molar-refractivity contribution in [2.45, 2.75) is 19.5 Å². The average Bonchev–Trinajstić information content (AvgIpc) is 2.90. The molecule has 0 amide bonds. The molecule has 0 aliphatic rings. The molecule has 0 bridgehead atoms. The molecule has 108 valence electrons. The van der Waals surface area contributed by atoms with Gasteiger partial charge in [0.05, 0.1) is 17.4 Å². The Kier molecular flexibility index (Phi) is 4.68. The van der Waals surface area contributed by atoms with Gasteiger partial charge in [0.2, 0.25) is 0 Å². The molecule has 2 aromatic carbocycles. The number of aromatic nitrogens is 2. The molecule has 4 heteroatoms. The quantitative estimate of drug-likeness (QED) is 0.686. The lowest BCUT2D eigenvalue weighted by Crippen LogP contribution is -2.16. The zero-order chi connectivity index (χ0) is 14.5. The number of rotatable bonds is 6. The fourth-order valence-electron chi connectivity index (χ4n) is 2.44. The van der Waals surface area contributed by atoms with Crippen LogP contribution in [0.15, 0.2) is 59.3 Å². The second kappa shape index (κ2) is 6.87. The van der Waals surface area contributed by atoms with E-state index in [0.29, 0.717) is 0 Å². The number of halogens is 1. The maximum Gasteiger partial charge on any atom is 0.0958 e. The minimum absolute atomic E-state index is 0.907. The smallest absolute Gasteiger partial charge is 0.0958 e. The third-order valence-corrected chi connectivity index (χ3v) is 3.99. The molecule has 21 heavy (non-hydrogen) atoms. The SMILES string of the molecule is Brc1cccc(CNCCCn2cnc3ccccc32)c1. The van der Waals surface area contributed by atoms with Gasteiger partial charge in [-0.1, -0.05) is 40.2 Å². The number of hydrogen-bond acceptors (Lipinski definition) is 2. The van der Waals surface area contributed by atoms with Crippen LogP contribution in [0.3, 0.4) is 0 Å². The van der Waals surface area contributed by atoms with Crippen LogP contribution in [0.4, 0.5) is 0 Å². The van der Waals surface area contributed by atoms with Crippen LogP contribution in [-0.2, 0) is 13.1 Å². The van der Waals surface area contributed by atoms with Crippen LogP contribution in [0, 0.1) is 0 Å². The average molecular weight is 344 g/mol. The van der Waals surface area contributed by atoms with Gasteiger partial charge in [0.15, 0.2) is 0 Å². The van der Waals surface area contributed by atoms with E-state index in [1.165, 1.54) is 11.1 Å². The number of nitrogens with one attached hydrogen (secondary N) is 1. The Hall–Kier alpha value is -1.65. The molecule has 1 heterocycles. The Morgan fingerprint density at radius 2 is 2.00 bits per heavy atom. The second-order valence-electron chi connectivity index (χ2n) is 5.09. The highest BCUT2D eigenvalue weighted by atomic mass is 79.9. The molecule has 0 saturated carbocycles. The minimum Gasteiger partial charge on any atom is -0.331 e. The summed E-state index contributed by atoms with van der Waals surface area (Å²) in [6.45, 7) is 2.90. The van der Waals surface area contributed by atoms with Crippen LogP contribution < -0.4 is 5.32 Å². The van der Waals surface area contributed by atoms with Crippen LogP contribution >= 0.6 is 15.9 Å². The third-order valence-electron chi connectivity index (χ3n) is 3.50. The van der Waals surface area contributed by atoms with Gasteiger partial charge < -0.3 is 9.88 Å². The summed E-state index contributed by atoms with van der Waals surface area (Å²) in [4.78, 5) is 4.41. The van der Waals surface area contributed by atoms with Gasteiger partial charge in [-0.25, -0.2) is 4.98 Å². The normalized spacial score (nSPS) is 11.1. The van der Waals surface area contributed by atoms with Crippen molar-refractivity contribution in [3.63, 3.8) is 0 Å². The van der Waals surface area contributed by atoms with Gasteiger partial charge in [-0.3, -0.25) is 0 Å². The Bertz CT molecular complexity index is 721. The highest BCUT2D eigenvalue weighted by Crippen LogP contribution is 2.12. The molecule has 0 aliphatic carbocycles. The Labute approximate surface area is 133 Å². The van der Waals surface area contributed by atoms with E-state index in [9.17, 15) is 0 Å². The van der Waals surface area contributed by atoms with E-state index in [1.54, 1.807) is 0 Å². The van der Waals surface area contributed by atoms with Crippen molar-refractivity contribution in [3.05, 3.63) is 64.9 Å². The number of para-hydroxylation sites is 2. The van der Waals surface area contributed by atoms with E-state index >= 15 is 0 Å². The first-order valence-electron chi connectivity index (χ1n) is 7.18. The number of hydrogen-bond donors (Lipinski definition) is 1. The third kappa shape index (κ3) is 3.71. The minimum atomic E-state index is 0.907. The summed E-state index contributed by atoms with van der Waals surface area (Å²) in [5.41, 5.74) is 3.58. The molecule has 0 atom stereocenters.